The molecule has 0 aliphatic heterocycles. The molecule has 0 saturated heterocycles. The largest absolute Gasteiger partial charge is 0.468 e. The SMILES string of the molecule is CCOC1CC(N)C1NS(=O)(=O)C(C)C(=O)OC. The van der Waals surface area contributed by atoms with Crippen molar-refractivity contribution >= 4 is 16.0 Å². The van der Waals surface area contributed by atoms with Crippen molar-refractivity contribution in [1.29, 1.82) is 0 Å². The number of carbonyl (C=O) groups excluding carboxylic acids is 1. The van der Waals surface area contributed by atoms with Gasteiger partial charge in [-0.15, -0.1) is 0 Å². The van der Waals surface area contributed by atoms with E-state index in [0.29, 0.717) is 13.0 Å². The normalized spacial score (nSPS) is 29.4. The van der Waals surface area contributed by atoms with Crippen LogP contribution in [0.3, 0.4) is 0 Å². The first kappa shape index (κ1) is 15.4. The summed E-state index contributed by atoms with van der Waals surface area (Å²) in [6, 6.07) is -0.775. The lowest BCUT2D eigenvalue weighted by molar-refractivity contribution is -0.139. The Morgan fingerprint density at radius 3 is 2.61 bits per heavy atom. The standard InChI is InChI=1S/C10H20N2O5S/c1-4-17-8-5-7(11)9(8)12-18(14,15)6(2)10(13)16-3/h6-9,12H,4-5,11H2,1-3H3. The van der Waals surface area contributed by atoms with Crippen molar-refractivity contribution in [2.45, 2.75) is 43.7 Å². The summed E-state index contributed by atoms with van der Waals surface area (Å²) in [7, 11) is -2.66. The molecular weight excluding hydrogens is 260 g/mol. The summed E-state index contributed by atoms with van der Waals surface area (Å²) in [5, 5.41) is -1.27. The Labute approximate surface area is 107 Å². The van der Waals surface area contributed by atoms with Crippen molar-refractivity contribution in [3.05, 3.63) is 0 Å². The Balaban J connectivity index is 2.68. The summed E-state index contributed by atoms with van der Waals surface area (Å²) in [6.07, 6.45) is 0.373. The highest BCUT2D eigenvalue weighted by Crippen LogP contribution is 2.23. The van der Waals surface area contributed by atoms with Crippen LogP contribution in [0.2, 0.25) is 0 Å². The Bertz CT molecular complexity index is 395. The van der Waals surface area contributed by atoms with Crippen LogP contribution in [-0.4, -0.2) is 51.5 Å². The molecule has 0 radical (unpaired) electrons. The smallest absolute Gasteiger partial charge is 0.325 e. The molecule has 0 aromatic rings. The van der Waals surface area contributed by atoms with Gasteiger partial charge in [-0.25, -0.2) is 13.1 Å². The third kappa shape index (κ3) is 3.19. The number of sulfonamides is 1. The summed E-state index contributed by atoms with van der Waals surface area (Å²) in [4.78, 5) is 11.2. The lowest BCUT2D eigenvalue weighted by Crippen LogP contribution is -2.65. The van der Waals surface area contributed by atoms with E-state index in [4.69, 9.17) is 10.5 Å². The number of hydrogen-bond acceptors (Lipinski definition) is 6. The lowest BCUT2D eigenvalue weighted by atomic mass is 9.84. The first-order valence-corrected chi connectivity index (χ1v) is 7.34. The molecule has 7 nitrogen and oxygen atoms in total. The summed E-state index contributed by atoms with van der Waals surface area (Å²) < 4.78 is 36.0. The van der Waals surface area contributed by atoms with Crippen LogP contribution in [0.25, 0.3) is 0 Å². The van der Waals surface area contributed by atoms with Crippen LogP contribution in [0.1, 0.15) is 20.3 Å². The fourth-order valence-corrected chi connectivity index (χ4v) is 3.03. The quantitative estimate of drug-likeness (QED) is 0.602. The van der Waals surface area contributed by atoms with Crippen LogP contribution in [0.5, 0.6) is 0 Å². The predicted octanol–water partition coefficient (Wildman–Crippen LogP) is -1.03. The molecule has 1 saturated carbocycles. The molecule has 3 N–H and O–H groups in total. The number of hydrogen-bond donors (Lipinski definition) is 2. The summed E-state index contributed by atoms with van der Waals surface area (Å²) in [5.41, 5.74) is 5.74. The van der Waals surface area contributed by atoms with E-state index in [9.17, 15) is 13.2 Å². The van der Waals surface area contributed by atoms with Crippen LogP contribution < -0.4 is 10.5 Å². The molecule has 0 amide bonds. The van der Waals surface area contributed by atoms with E-state index >= 15 is 0 Å². The minimum Gasteiger partial charge on any atom is -0.468 e. The number of methoxy groups -OCH3 is 1. The molecule has 0 aromatic carbocycles. The van der Waals surface area contributed by atoms with E-state index in [1.165, 1.54) is 6.92 Å². The Kier molecular flexibility index (Phi) is 5.09. The number of carbonyl (C=O) groups is 1. The number of rotatable bonds is 6. The highest BCUT2D eigenvalue weighted by molar-refractivity contribution is 7.90. The first-order valence-electron chi connectivity index (χ1n) is 5.79. The molecule has 1 aliphatic carbocycles. The second-order valence-electron chi connectivity index (χ2n) is 4.25. The van der Waals surface area contributed by atoms with Gasteiger partial charge in [0.1, 0.15) is 0 Å². The van der Waals surface area contributed by atoms with Gasteiger partial charge < -0.3 is 15.2 Å². The first-order chi connectivity index (χ1) is 8.33. The number of nitrogens with two attached hydrogens (primary N) is 1. The second-order valence-corrected chi connectivity index (χ2v) is 6.28. The van der Waals surface area contributed by atoms with Crippen molar-refractivity contribution in [1.82, 2.24) is 4.72 Å². The highest BCUT2D eigenvalue weighted by atomic mass is 32.2. The molecule has 1 aliphatic rings. The zero-order chi connectivity index (χ0) is 13.9. The van der Waals surface area contributed by atoms with Gasteiger partial charge in [-0.2, -0.15) is 0 Å². The molecule has 0 heterocycles. The number of ether oxygens (including phenoxy) is 2. The van der Waals surface area contributed by atoms with Crippen molar-refractivity contribution in [3.8, 4) is 0 Å². The zero-order valence-electron chi connectivity index (χ0n) is 10.8. The average Bonchev–Trinajstić information content (AvgIpc) is 2.34. The topological polar surface area (TPSA) is 108 Å². The third-order valence-corrected chi connectivity index (χ3v) is 4.77. The zero-order valence-corrected chi connectivity index (χ0v) is 11.6. The second kappa shape index (κ2) is 5.96. The predicted molar refractivity (Wildman–Crippen MR) is 65.3 cm³/mol. The average molecular weight is 280 g/mol. The summed E-state index contributed by atoms with van der Waals surface area (Å²) >= 11 is 0. The van der Waals surface area contributed by atoms with E-state index in [1.54, 1.807) is 0 Å². The molecule has 4 atom stereocenters. The maximum atomic E-state index is 11.9. The van der Waals surface area contributed by atoms with Crippen molar-refractivity contribution in [2.24, 2.45) is 5.73 Å². The van der Waals surface area contributed by atoms with Crippen LogP contribution >= 0.6 is 0 Å². The van der Waals surface area contributed by atoms with E-state index < -0.39 is 27.3 Å². The molecule has 18 heavy (non-hydrogen) atoms. The maximum Gasteiger partial charge on any atom is 0.325 e. The molecule has 1 fully saturated rings. The molecule has 0 aromatic heterocycles. The Morgan fingerprint density at radius 2 is 2.17 bits per heavy atom. The molecule has 1 rings (SSSR count). The van der Waals surface area contributed by atoms with Gasteiger partial charge in [0.2, 0.25) is 10.0 Å². The Hall–Kier alpha value is -0.700. The monoisotopic (exact) mass is 280 g/mol. The molecule has 4 unspecified atom stereocenters. The van der Waals surface area contributed by atoms with E-state index in [2.05, 4.69) is 9.46 Å². The van der Waals surface area contributed by atoms with Crippen LogP contribution in [0.15, 0.2) is 0 Å². The minimum atomic E-state index is -3.80. The van der Waals surface area contributed by atoms with Gasteiger partial charge in [0.25, 0.3) is 0 Å². The van der Waals surface area contributed by atoms with E-state index in [0.717, 1.165) is 7.11 Å². The lowest BCUT2D eigenvalue weighted by Gasteiger charge is -2.42. The number of nitrogens with one attached hydrogen (secondary N) is 1. The van der Waals surface area contributed by atoms with Gasteiger partial charge in [0.05, 0.1) is 19.3 Å². The van der Waals surface area contributed by atoms with Gasteiger partial charge in [-0.05, 0) is 20.3 Å². The fraction of sp³-hybridized carbons (Fsp3) is 0.900. The molecule has 0 spiro atoms. The minimum absolute atomic E-state index is 0.232. The maximum absolute atomic E-state index is 11.9. The molecular formula is C10H20N2O5S. The molecule has 106 valence electrons. The van der Waals surface area contributed by atoms with E-state index in [-0.39, 0.29) is 12.1 Å². The molecule has 0 bridgehead atoms. The van der Waals surface area contributed by atoms with Crippen molar-refractivity contribution < 1.29 is 22.7 Å². The number of esters is 1. The highest BCUT2D eigenvalue weighted by Gasteiger charge is 2.43. The van der Waals surface area contributed by atoms with Gasteiger partial charge in [-0.3, -0.25) is 4.79 Å². The third-order valence-electron chi connectivity index (χ3n) is 3.05. The molecule has 8 heteroatoms. The van der Waals surface area contributed by atoms with Crippen LogP contribution in [0.4, 0.5) is 0 Å². The summed E-state index contributed by atoms with van der Waals surface area (Å²) in [6.45, 7) is 3.59. The summed E-state index contributed by atoms with van der Waals surface area (Å²) in [5.74, 6) is -0.802. The van der Waals surface area contributed by atoms with Crippen molar-refractivity contribution in [3.63, 3.8) is 0 Å². The van der Waals surface area contributed by atoms with E-state index in [1.807, 2.05) is 6.92 Å². The van der Waals surface area contributed by atoms with Gasteiger partial charge in [0, 0.05) is 12.6 Å². The van der Waals surface area contributed by atoms with Gasteiger partial charge in [-0.1, -0.05) is 0 Å². The van der Waals surface area contributed by atoms with Crippen LogP contribution in [0, 0.1) is 0 Å². The fourth-order valence-electron chi connectivity index (χ4n) is 1.77. The Morgan fingerprint density at radius 1 is 1.56 bits per heavy atom. The van der Waals surface area contributed by atoms with Crippen LogP contribution in [-0.2, 0) is 24.3 Å². The van der Waals surface area contributed by atoms with Gasteiger partial charge >= 0.3 is 5.97 Å². The van der Waals surface area contributed by atoms with Gasteiger partial charge in [0.15, 0.2) is 5.25 Å². The van der Waals surface area contributed by atoms with Crippen molar-refractivity contribution in [2.75, 3.05) is 13.7 Å².